The minimum Gasteiger partial charge on any atom is -0.497 e. The van der Waals surface area contributed by atoms with E-state index in [4.69, 9.17) is 21.7 Å². The van der Waals surface area contributed by atoms with Crippen LogP contribution in [0.4, 0.5) is 0 Å². The lowest BCUT2D eigenvalue weighted by Gasteiger charge is -2.13. The molecule has 0 saturated carbocycles. The number of nitrogens with one attached hydrogen (secondary N) is 2. The predicted octanol–water partition coefficient (Wildman–Crippen LogP) is 3.11. The summed E-state index contributed by atoms with van der Waals surface area (Å²) in [5.74, 6) is 1.64. The molecule has 0 bridgehead atoms. The molecule has 9 heteroatoms. The second kappa shape index (κ2) is 9.33. The van der Waals surface area contributed by atoms with Gasteiger partial charge in [-0.25, -0.2) is 4.98 Å². The second-order valence-electron chi connectivity index (χ2n) is 6.58. The van der Waals surface area contributed by atoms with E-state index in [0.29, 0.717) is 23.0 Å². The van der Waals surface area contributed by atoms with Crippen molar-refractivity contribution in [2.75, 3.05) is 7.11 Å². The fourth-order valence-corrected chi connectivity index (χ4v) is 2.90. The second-order valence-corrected chi connectivity index (χ2v) is 6.96. The summed E-state index contributed by atoms with van der Waals surface area (Å²) in [7, 11) is 1.61. The molecule has 1 aromatic carbocycles. The van der Waals surface area contributed by atoms with Crippen molar-refractivity contribution in [1.29, 1.82) is 0 Å². The molecule has 2 heterocycles. The highest BCUT2D eigenvalue weighted by Crippen LogP contribution is 2.21. The van der Waals surface area contributed by atoms with Crippen molar-refractivity contribution in [3.05, 3.63) is 52.9 Å². The zero-order valence-corrected chi connectivity index (χ0v) is 17.3. The zero-order valence-electron chi connectivity index (χ0n) is 16.5. The number of H-pyrrole nitrogens is 1. The number of carbonyl (C=O) groups excluding carboxylic acids is 1. The molecule has 3 aromatic rings. The number of rotatable bonds is 8. The lowest BCUT2D eigenvalue weighted by molar-refractivity contribution is -0.121. The number of amides is 1. The average Bonchev–Trinajstić information content (AvgIpc) is 3.07. The van der Waals surface area contributed by atoms with Gasteiger partial charge in [0.15, 0.2) is 10.6 Å². The Morgan fingerprint density at radius 2 is 2.03 bits per heavy atom. The summed E-state index contributed by atoms with van der Waals surface area (Å²) < 4.78 is 12.9. The van der Waals surface area contributed by atoms with Gasteiger partial charge in [-0.3, -0.25) is 14.5 Å². The highest BCUT2D eigenvalue weighted by Gasteiger charge is 2.14. The summed E-state index contributed by atoms with van der Waals surface area (Å²) >= 11 is 5.30. The maximum absolute atomic E-state index is 12.6. The van der Waals surface area contributed by atoms with Gasteiger partial charge in [0, 0.05) is 23.9 Å². The molecular formula is C20H23N5O3S. The summed E-state index contributed by atoms with van der Waals surface area (Å²) in [5, 5.41) is 9.89. The maximum Gasteiger partial charge on any atom is 0.240 e. The summed E-state index contributed by atoms with van der Waals surface area (Å²) in [6.07, 6.45) is 1.66. The number of pyridine rings is 1. The molecule has 8 nitrogen and oxygen atoms in total. The summed E-state index contributed by atoms with van der Waals surface area (Å²) in [6.45, 7) is 4.20. The summed E-state index contributed by atoms with van der Waals surface area (Å²) in [5.41, 5.74) is 1.63. The fraction of sp³-hybridized carbons (Fsp3) is 0.300. The van der Waals surface area contributed by atoms with Crippen LogP contribution < -0.4 is 14.8 Å². The van der Waals surface area contributed by atoms with Crippen LogP contribution in [0.25, 0.3) is 11.4 Å². The van der Waals surface area contributed by atoms with Crippen molar-refractivity contribution in [3.63, 3.8) is 0 Å². The van der Waals surface area contributed by atoms with E-state index in [1.165, 1.54) is 0 Å². The van der Waals surface area contributed by atoms with Gasteiger partial charge in [0.05, 0.1) is 13.2 Å². The molecule has 0 aliphatic carbocycles. The van der Waals surface area contributed by atoms with E-state index >= 15 is 0 Å². The van der Waals surface area contributed by atoms with Gasteiger partial charge in [0.2, 0.25) is 11.8 Å². The third kappa shape index (κ3) is 5.20. The number of hydrogen-bond acceptors (Lipinski definition) is 6. The molecule has 0 atom stereocenters. The van der Waals surface area contributed by atoms with Crippen LogP contribution in [-0.4, -0.2) is 38.9 Å². The van der Waals surface area contributed by atoms with Crippen molar-refractivity contribution in [2.45, 2.75) is 33.0 Å². The number of nitrogens with zero attached hydrogens (tertiary/aromatic N) is 3. The molecular weight excluding hydrogens is 390 g/mol. The third-order valence-corrected chi connectivity index (χ3v) is 4.39. The summed E-state index contributed by atoms with van der Waals surface area (Å²) in [6, 6.07) is 11.1. The monoisotopic (exact) mass is 413 g/mol. The number of aromatic amines is 1. The number of ether oxygens (including phenoxy) is 2. The first-order chi connectivity index (χ1) is 14.0. The first-order valence-corrected chi connectivity index (χ1v) is 9.55. The van der Waals surface area contributed by atoms with Crippen molar-refractivity contribution >= 4 is 18.1 Å². The Hall–Kier alpha value is -3.20. The molecule has 0 unspecified atom stereocenters. The van der Waals surface area contributed by atoms with Gasteiger partial charge < -0.3 is 14.8 Å². The molecule has 2 aromatic heterocycles. The minimum atomic E-state index is -0.198. The SMILES string of the molecule is COc1ccc(-c2n[nH]c(=S)n2CC(=O)NCc2cccnc2OC(C)C)cc1. The Morgan fingerprint density at radius 1 is 1.28 bits per heavy atom. The Kier molecular flexibility index (Phi) is 6.61. The van der Waals surface area contributed by atoms with E-state index in [1.54, 1.807) is 17.9 Å². The Labute approximate surface area is 173 Å². The number of methoxy groups -OCH3 is 1. The average molecular weight is 414 g/mol. The van der Waals surface area contributed by atoms with Crippen LogP contribution in [0.5, 0.6) is 11.6 Å². The van der Waals surface area contributed by atoms with E-state index in [0.717, 1.165) is 16.9 Å². The molecule has 2 N–H and O–H groups in total. The molecule has 1 amide bonds. The molecule has 0 spiro atoms. The topological polar surface area (TPSA) is 94.1 Å². The summed E-state index contributed by atoms with van der Waals surface area (Å²) in [4.78, 5) is 16.8. The molecule has 3 rings (SSSR count). The quantitative estimate of drug-likeness (QED) is 0.551. The fourth-order valence-electron chi connectivity index (χ4n) is 2.71. The van der Waals surface area contributed by atoms with Crippen LogP contribution in [-0.2, 0) is 17.9 Å². The van der Waals surface area contributed by atoms with E-state index in [2.05, 4.69) is 20.5 Å². The van der Waals surface area contributed by atoms with E-state index in [-0.39, 0.29) is 18.6 Å². The van der Waals surface area contributed by atoms with Crippen molar-refractivity contribution in [2.24, 2.45) is 0 Å². The Morgan fingerprint density at radius 3 is 2.72 bits per heavy atom. The van der Waals surface area contributed by atoms with Crippen LogP contribution in [0.2, 0.25) is 0 Å². The number of carbonyl (C=O) groups is 1. The van der Waals surface area contributed by atoms with Crippen molar-refractivity contribution < 1.29 is 14.3 Å². The van der Waals surface area contributed by atoms with Crippen LogP contribution in [0.3, 0.4) is 0 Å². The van der Waals surface area contributed by atoms with Gasteiger partial charge >= 0.3 is 0 Å². The van der Waals surface area contributed by atoms with Gasteiger partial charge in [0.25, 0.3) is 0 Å². The molecule has 0 radical (unpaired) electrons. The van der Waals surface area contributed by atoms with Crippen LogP contribution in [0.15, 0.2) is 42.6 Å². The van der Waals surface area contributed by atoms with Crippen molar-refractivity contribution in [3.8, 4) is 23.0 Å². The molecule has 0 aliphatic heterocycles. The lowest BCUT2D eigenvalue weighted by atomic mass is 10.2. The lowest BCUT2D eigenvalue weighted by Crippen LogP contribution is -2.28. The standard InChI is InChI=1S/C20H23N5O3S/c1-13(2)28-19-15(5-4-10-21-19)11-22-17(26)12-25-18(23-24-20(25)29)14-6-8-16(27-3)9-7-14/h4-10,13H,11-12H2,1-3H3,(H,22,26)(H,24,29). The predicted molar refractivity (Wildman–Crippen MR) is 111 cm³/mol. The highest BCUT2D eigenvalue weighted by molar-refractivity contribution is 7.71. The Bertz CT molecular complexity index is 1030. The third-order valence-electron chi connectivity index (χ3n) is 4.08. The van der Waals surface area contributed by atoms with Gasteiger partial charge in [-0.1, -0.05) is 6.07 Å². The molecule has 0 saturated heterocycles. The highest BCUT2D eigenvalue weighted by atomic mass is 32.1. The number of aromatic nitrogens is 4. The van der Waals surface area contributed by atoms with Crippen molar-refractivity contribution in [1.82, 2.24) is 25.1 Å². The van der Waals surface area contributed by atoms with Gasteiger partial charge in [0.1, 0.15) is 12.3 Å². The van der Waals surface area contributed by atoms with Crippen LogP contribution in [0.1, 0.15) is 19.4 Å². The van der Waals surface area contributed by atoms with Crippen LogP contribution in [0, 0.1) is 4.77 Å². The van der Waals surface area contributed by atoms with E-state index in [9.17, 15) is 4.79 Å². The largest absolute Gasteiger partial charge is 0.497 e. The minimum absolute atomic E-state index is 0.00401. The molecule has 152 valence electrons. The first kappa shape index (κ1) is 20.5. The van der Waals surface area contributed by atoms with Gasteiger partial charge in [-0.2, -0.15) is 5.10 Å². The maximum atomic E-state index is 12.6. The van der Waals surface area contributed by atoms with Crippen LogP contribution >= 0.6 is 12.2 Å². The molecule has 0 fully saturated rings. The first-order valence-electron chi connectivity index (χ1n) is 9.14. The van der Waals surface area contributed by atoms with E-state index < -0.39 is 0 Å². The van der Waals surface area contributed by atoms with Gasteiger partial charge in [-0.05, 0) is 56.4 Å². The molecule has 29 heavy (non-hydrogen) atoms. The number of hydrogen-bond donors (Lipinski definition) is 2. The normalized spacial score (nSPS) is 10.8. The number of benzene rings is 1. The van der Waals surface area contributed by atoms with Gasteiger partial charge in [-0.15, -0.1) is 0 Å². The smallest absolute Gasteiger partial charge is 0.240 e. The molecule has 0 aliphatic rings. The Balaban J connectivity index is 1.70. The zero-order chi connectivity index (χ0) is 20.8. The van der Waals surface area contributed by atoms with E-state index in [1.807, 2.05) is 50.2 Å².